The summed E-state index contributed by atoms with van der Waals surface area (Å²) >= 11 is 0. The van der Waals surface area contributed by atoms with Crippen LogP contribution in [-0.4, -0.2) is 34.7 Å². The van der Waals surface area contributed by atoms with E-state index in [0.29, 0.717) is 12.8 Å². The minimum absolute atomic E-state index is 0.0411. The van der Waals surface area contributed by atoms with E-state index in [1.807, 2.05) is 6.92 Å². The van der Waals surface area contributed by atoms with E-state index in [4.69, 9.17) is 9.94 Å². The zero-order chi connectivity index (χ0) is 9.84. The molecule has 0 aromatic rings. The van der Waals surface area contributed by atoms with E-state index in [2.05, 4.69) is 0 Å². The van der Waals surface area contributed by atoms with Crippen LogP contribution in [0.2, 0.25) is 0 Å². The van der Waals surface area contributed by atoms with Crippen molar-refractivity contribution >= 4 is 11.9 Å². The summed E-state index contributed by atoms with van der Waals surface area (Å²) in [6.07, 6.45) is 0.310. The maximum Gasteiger partial charge on any atom is 0.332 e. The molecule has 1 aliphatic heterocycles. The predicted octanol–water partition coefficient (Wildman–Crippen LogP) is -0.162. The Hall–Kier alpha value is -1.10. The molecule has 0 aromatic heterocycles. The van der Waals surface area contributed by atoms with Gasteiger partial charge in [-0.15, -0.1) is 0 Å². The molecular weight excluding hydrogens is 174 g/mol. The van der Waals surface area contributed by atoms with Gasteiger partial charge < -0.3 is 9.94 Å². The Morgan fingerprint density at radius 1 is 1.77 bits per heavy atom. The van der Waals surface area contributed by atoms with E-state index in [9.17, 15) is 9.59 Å². The number of aliphatic hydroxyl groups is 1. The highest BCUT2D eigenvalue weighted by molar-refractivity contribution is 5.80. The van der Waals surface area contributed by atoms with Gasteiger partial charge in [0.15, 0.2) is 0 Å². The van der Waals surface area contributed by atoms with E-state index in [1.54, 1.807) is 0 Å². The van der Waals surface area contributed by atoms with Crippen LogP contribution in [0.15, 0.2) is 0 Å². The van der Waals surface area contributed by atoms with Crippen molar-refractivity contribution in [3.05, 3.63) is 0 Å². The SMILES string of the molecule is CCCC(=O)ON1CC(O)CC1=O. The quantitative estimate of drug-likeness (QED) is 0.666. The number of carbonyl (C=O) groups excluding carboxylic acids is 2. The first-order chi connectivity index (χ1) is 6.13. The molecule has 1 unspecified atom stereocenters. The number of hydrogen-bond acceptors (Lipinski definition) is 4. The lowest BCUT2D eigenvalue weighted by molar-refractivity contribution is -0.193. The highest BCUT2D eigenvalue weighted by Crippen LogP contribution is 2.11. The van der Waals surface area contributed by atoms with Crippen LogP contribution < -0.4 is 0 Å². The van der Waals surface area contributed by atoms with Gasteiger partial charge in [-0.1, -0.05) is 6.92 Å². The van der Waals surface area contributed by atoms with Crippen molar-refractivity contribution in [1.82, 2.24) is 5.06 Å². The Bertz CT molecular complexity index is 216. The standard InChI is InChI=1S/C8H13NO4/c1-2-3-8(12)13-9-5-6(10)4-7(9)11/h6,10H,2-5H2,1H3. The molecule has 0 aromatic carbocycles. The van der Waals surface area contributed by atoms with Crippen LogP contribution in [0.1, 0.15) is 26.2 Å². The summed E-state index contributed by atoms with van der Waals surface area (Å²) < 4.78 is 0. The summed E-state index contributed by atoms with van der Waals surface area (Å²) in [5.74, 6) is -0.762. The van der Waals surface area contributed by atoms with Crippen molar-refractivity contribution in [3.8, 4) is 0 Å². The summed E-state index contributed by atoms with van der Waals surface area (Å²) in [6, 6.07) is 0. The van der Waals surface area contributed by atoms with Gasteiger partial charge in [0.1, 0.15) is 0 Å². The number of β-amino-alcohol motifs (C(OH)–C–C–N with tert-alkyl or cyclic N) is 1. The number of carbonyl (C=O) groups is 2. The normalized spacial score (nSPS) is 22.2. The maximum atomic E-state index is 11.0. The number of amides is 1. The molecule has 74 valence electrons. The van der Waals surface area contributed by atoms with Crippen molar-refractivity contribution in [2.45, 2.75) is 32.3 Å². The fraction of sp³-hybridized carbons (Fsp3) is 0.750. The molecule has 0 bridgehead atoms. The lowest BCUT2D eigenvalue weighted by atomic mass is 10.3. The molecule has 1 aliphatic rings. The van der Waals surface area contributed by atoms with Gasteiger partial charge in [0.25, 0.3) is 5.91 Å². The van der Waals surface area contributed by atoms with Crippen molar-refractivity contribution in [1.29, 1.82) is 0 Å². The van der Waals surface area contributed by atoms with E-state index in [1.165, 1.54) is 0 Å². The van der Waals surface area contributed by atoms with E-state index in [0.717, 1.165) is 5.06 Å². The maximum absolute atomic E-state index is 11.0. The summed E-state index contributed by atoms with van der Waals surface area (Å²) in [5, 5.41) is 9.99. The summed E-state index contributed by atoms with van der Waals surface area (Å²) in [5.41, 5.74) is 0. The van der Waals surface area contributed by atoms with Crippen molar-refractivity contribution in [3.63, 3.8) is 0 Å². The van der Waals surface area contributed by atoms with Crippen LogP contribution >= 0.6 is 0 Å². The Kier molecular flexibility index (Phi) is 3.25. The predicted molar refractivity (Wildman–Crippen MR) is 43.3 cm³/mol. The number of nitrogens with zero attached hydrogens (tertiary/aromatic N) is 1. The molecule has 13 heavy (non-hydrogen) atoms. The summed E-state index contributed by atoms with van der Waals surface area (Å²) in [4.78, 5) is 26.7. The number of aliphatic hydroxyl groups excluding tert-OH is 1. The highest BCUT2D eigenvalue weighted by Gasteiger charge is 2.30. The monoisotopic (exact) mass is 187 g/mol. The molecule has 5 heteroatoms. The number of hydrogen-bond donors (Lipinski definition) is 1. The van der Waals surface area contributed by atoms with E-state index < -0.39 is 12.1 Å². The second kappa shape index (κ2) is 4.23. The number of hydroxylamine groups is 2. The largest absolute Gasteiger partial charge is 0.391 e. The second-order valence-corrected chi connectivity index (χ2v) is 3.03. The molecule has 0 spiro atoms. The topological polar surface area (TPSA) is 66.8 Å². The zero-order valence-corrected chi connectivity index (χ0v) is 7.52. The fourth-order valence-electron chi connectivity index (χ4n) is 1.12. The first kappa shape index (κ1) is 9.98. The number of rotatable bonds is 3. The minimum atomic E-state index is -0.707. The van der Waals surface area contributed by atoms with Gasteiger partial charge in [-0.05, 0) is 6.42 Å². The average Bonchev–Trinajstić information content (AvgIpc) is 2.30. The average molecular weight is 187 g/mol. The summed E-state index contributed by atoms with van der Waals surface area (Å²) in [6.45, 7) is 1.94. The Balaban J connectivity index is 2.37. The van der Waals surface area contributed by atoms with Crippen LogP contribution in [-0.2, 0) is 14.4 Å². The minimum Gasteiger partial charge on any atom is -0.391 e. The van der Waals surface area contributed by atoms with Gasteiger partial charge in [0.05, 0.1) is 19.1 Å². The smallest absolute Gasteiger partial charge is 0.332 e. The molecule has 0 saturated carbocycles. The molecule has 1 rings (SSSR count). The zero-order valence-electron chi connectivity index (χ0n) is 7.52. The van der Waals surface area contributed by atoms with Gasteiger partial charge >= 0.3 is 5.97 Å². The lowest BCUT2D eigenvalue weighted by Gasteiger charge is -2.13. The van der Waals surface area contributed by atoms with Crippen molar-refractivity contribution < 1.29 is 19.5 Å². The molecular formula is C8H13NO4. The molecule has 5 nitrogen and oxygen atoms in total. The van der Waals surface area contributed by atoms with Crippen LogP contribution in [0.5, 0.6) is 0 Å². The Morgan fingerprint density at radius 3 is 2.92 bits per heavy atom. The second-order valence-electron chi connectivity index (χ2n) is 3.03. The molecule has 1 fully saturated rings. The first-order valence-corrected chi connectivity index (χ1v) is 4.32. The molecule has 0 radical (unpaired) electrons. The third-order valence-electron chi connectivity index (χ3n) is 1.73. The van der Waals surface area contributed by atoms with E-state index >= 15 is 0 Å². The van der Waals surface area contributed by atoms with Crippen LogP contribution in [0, 0.1) is 0 Å². The van der Waals surface area contributed by atoms with Crippen molar-refractivity contribution in [2.75, 3.05) is 6.54 Å². The molecule has 1 N–H and O–H groups in total. The third kappa shape index (κ3) is 2.69. The molecule has 1 saturated heterocycles. The Morgan fingerprint density at radius 2 is 2.46 bits per heavy atom. The third-order valence-corrected chi connectivity index (χ3v) is 1.73. The molecule has 1 atom stereocenters. The van der Waals surface area contributed by atoms with Gasteiger partial charge in [-0.2, -0.15) is 5.06 Å². The molecule has 1 amide bonds. The molecule has 0 aliphatic carbocycles. The van der Waals surface area contributed by atoms with Gasteiger partial charge in [0, 0.05) is 6.42 Å². The first-order valence-electron chi connectivity index (χ1n) is 4.32. The lowest BCUT2D eigenvalue weighted by Crippen LogP contribution is -2.29. The van der Waals surface area contributed by atoms with E-state index in [-0.39, 0.29) is 18.9 Å². The van der Waals surface area contributed by atoms with Crippen LogP contribution in [0.3, 0.4) is 0 Å². The van der Waals surface area contributed by atoms with Gasteiger partial charge in [-0.3, -0.25) is 4.79 Å². The van der Waals surface area contributed by atoms with Crippen molar-refractivity contribution in [2.24, 2.45) is 0 Å². The molecule has 1 heterocycles. The van der Waals surface area contributed by atoms with Gasteiger partial charge in [-0.25, -0.2) is 4.79 Å². The van der Waals surface area contributed by atoms with Crippen LogP contribution in [0.25, 0.3) is 0 Å². The Labute approximate surface area is 76.2 Å². The highest BCUT2D eigenvalue weighted by atomic mass is 16.7. The fourth-order valence-corrected chi connectivity index (χ4v) is 1.12. The van der Waals surface area contributed by atoms with Gasteiger partial charge in [0.2, 0.25) is 0 Å². The van der Waals surface area contributed by atoms with Crippen LogP contribution in [0.4, 0.5) is 0 Å². The summed E-state index contributed by atoms with van der Waals surface area (Å²) in [7, 11) is 0.